The van der Waals surface area contributed by atoms with E-state index in [2.05, 4.69) is 22.2 Å². The molecule has 160 valence electrons. The number of furan rings is 1. The van der Waals surface area contributed by atoms with Gasteiger partial charge >= 0.3 is 0 Å². The monoisotopic (exact) mass is 432 g/mol. The van der Waals surface area contributed by atoms with Crippen molar-refractivity contribution in [3.8, 4) is 28.2 Å². The van der Waals surface area contributed by atoms with Crippen molar-refractivity contribution in [1.82, 2.24) is 19.6 Å². The molecule has 0 N–H and O–H groups in total. The van der Waals surface area contributed by atoms with Crippen LogP contribution in [-0.2, 0) is 6.42 Å². The highest BCUT2D eigenvalue weighted by Crippen LogP contribution is 2.41. The van der Waals surface area contributed by atoms with Crippen molar-refractivity contribution in [2.24, 2.45) is 0 Å². The summed E-state index contributed by atoms with van der Waals surface area (Å²) in [5, 5.41) is 5.55. The number of nitrogens with zero attached hydrogens (tertiary/aromatic N) is 4. The lowest BCUT2D eigenvalue weighted by Gasteiger charge is -2.03. The van der Waals surface area contributed by atoms with Gasteiger partial charge in [0, 0.05) is 17.5 Å². The van der Waals surface area contributed by atoms with E-state index in [-0.39, 0.29) is 0 Å². The van der Waals surface area contributed by atoms with E-state index < -0.39 is 0 Å². The van der Waals surface area contributed by atoms with Crippen LogP contribution in [0.5, 0.6) is 5.75 Å². The minimum atomic E-state index is 0.545. The van der Waals surface area contributed by atoms with Gasteiger partial charge in [0.15, 0.2) is 11.5 Å². The van der Waals surface area contributed by atoms with Crippen LogP contribution in [0.15, 0.2) is 95.7 Å². The van der Waals surface area contributed by atoms with Gasteiger partial charge in [0.2, 0.25) is 5.71 Å². The van der Waals surface area contributed by atoms with Crippen molar-refractivity contribution in [2.45, 2.75) is 6.42 Å². The Hall–Kier alpha value is -4.45. The first-order valence-corrected chi connectivity index (χ1v) is 10.7. The minimum absolute atomic E-state index is 0.545. The average Bonchev–Trinajstić information content (AvgIpc) is 3.46. The van der Waals surface area contributed by atoms with E-state index in [0.29, 0.717) is 12.1 Å². The molecule has 0 spiro atoms. The maximum Gasteiger partial charge on any atom is 0.232 e. The largest absolute Gasteiger partial charge is 0.497 e. The Kier molecular flexibility index (Phi) is 4.61. The van der Waals surface area contributed by atoms with Gasteiger partial charge in [-0.25, -0.2) is 14.5 Å². The maximum absolute atomic E-state index is 6.29. The molecule has 6 aromatic rings. The molecule has 0 radical (unpaired) electrons. The Bertz CT molecular complexity index is 1550. The molecule has 6 rings (SSSR count). The van der Waals surface area contributed by atoms with Gasteiger partial charge < -0.3 is 9.15 Å². The summed E-state index contributed by atoms with van der Waals surface area (Å²) in [6.07, 6.45) is 2.27. The number of ether oxygens (including phenoxy) is 1. The van der Waals surface area contributed by atoms with E-state index >= 15 is 0 Å². The van der Waals surface area contributed by atoms with E-state index in [1.54, 1.807) is 18.0 Å². The van der Waals surface area contributed by atoms with E-state index in [4.69, 9.17) is 14.1 Å². The van der Waals surface area contributed by atoms with Crippen molar-refractivity contribution in [2.75, 3.05) is 7.11 Å². The fourth-order valence-corrected chi connectivity index (χ4v) is 4.12. The second kappa shape index (κ2) is 7.91. The number of rotatable bonds is 5. The third kappa shape index (κ3) is 3.42. The van der Waals surface area contributed by atoms with Crippen LogP contribution in [0.1, 0.15) is 11.4 Å². The first-order valence-electron chi connectivity index (χ1n) is 10.7. The molecule has 3 aromatic carbocycles. The van der Waals surface area contributed by atoms with Crippen LogP contribution in [0, 0.1) is 0 Å². The molecule has 6 nitrogen and oxygen atoms in total. The molecular weight excluding hydrogens is 412 g/mol. The highest BCUT2D eigenvalue weighted by Gasteiger charge is 2.22. The number of aromatic nitrogens is 4. The zero-order valence-electron chi connectivity index (χ0n) is 18.0. The zero-order valence-corrected chi connectivity index (χ0v) is 18.0. The summed E-state index contributed by atoms with van der Waals surface area (Å²) in [5.74, 6) is 2.32. The summed E-state index contributed by atoms with van der Waals surface area (Å²) >= 11 is 0. The van der Waals surface area contributed by atoms with E-state index in [0.717, 1.165) is 50.6 Å². The normalized spacial score (nSPS) is 11.3. The van der Waals surface area contributed by atoms with Crippen LogP contribution in [0.4, 0.5) is 0 Å². The summed E-state index contributed by atoms with van der Waals surface area (Å²) in [4.78, 5) is 9.45. The molecule has 3 aromatic heterocycles. The van der Waals surface area contributed by atoms with Crippen molar-refractivity contribution in [3.05, 3.63) is 103 Å². The van der Waals surface area contributed by atoms with Crippen LogP contribution in [0.2, 0.25) is 0 Å². The predicted molar refractivity (Wildman–Crippen MR) is 127 cm³/mol. The molecule has 0 saturated carbocycles. The number of methoxy groups -OCH3 is 1. The fourth-order valence-electron chi connectivity index (χ4n) is 4.12. The lowest BCUT2D eigenvalue weighted by atomic mass is 9.99. The van der Waals surface area contributed by atoms with Crippen molar-refractivity contribution >= 4 is 16.7 Å². The van der Waals surface area contributed by atoms with Crippen molar-refractivity contribution < 1.29 is 9.15 Å². The molecule has 3 heterocycles. The average molecular weight is 432 g/mol. The third-order valence-corrected chi connectivity index (χ3v) is 5.69. The summed E-state index contributed by atoms with van der Waals surface area (Å²) in [6, 6.07) is 28.2. The van der Waals surface area contributed by atoms with Gasteiger partial charge in [-0.15, -0.1) is 5.10 Å². The minimum Gasteiger partial charge on any atom is -0.497 e. The summed E-state index contributed by atoms with van der Waals surface area (Å²) < 4.78 is 13.3. The molecule has 0 saturated heterocycles. The topological polar surface area (TPSA) is 65.5 Å². The second-order valence-corrected chi connectivity index (χ2v) is 7.78. The standard InChI is InChI=1S/C27H20N4O2/c1-32-21-14-12-18(13-15-21)16-22-29-26-24-23(19-8-4-2-5-9-19)25(20-10-6-3-7-11-20)33-27(24)28-17-31(26)30-22/h2-15,17H,16H2,1H3. The smallest absolute Gasteiger partial charge is 0.232 e. The van der Waals surface area contributed by atoms with Crippen molar-refractivity contribution in [1.29, 1.82) is 0 Å². The lowest BCUT2D eigenvalue weighted by molar-refractivity contribution is 0.414. The fraction of sp³-hybridized carbons (Fsp3) is 0.0741. The highest BCUT2D eigenvalue weighted by atomic mass is 16.5. The van der Waals surface area contributed by atoms with Gasteiger partial charge in [0.1, 0.15) is 17.8 Å². The summed E-state index contributed by atoms with van der Waals surface area (Å²) in [6.45, 7) is 0. The van der Waals surface area contributed by atoms with E-state index in [1.165, 1.54) is 0 Å². The first-order chi connectivity index (χ1) is 16.3. The second-order valence-electron chi connectivity index (χ2n) is 7.78. The molecule has 0 aliphatic rings. The highest BCUT2D eigenvalue weighted by molar-refractivity contribution is 6.07. The third-order valence-electron chi connectivity index (χ3n) is 5.69. The molecule has 6 heteroatoms. The van der Waals surface area contributed by atoms with Gasteiger partial charge in [-0.05, 0) is 23.3 Å². The Balaban J connectivity index is 1.55. The van der Waals surface area contributed by atoms with E-state index in [9.17, 15) is 0 Å². The Morgan fingerprint density at radius 3 is 2.24 bits per heavy atom. The molecule has 0 aliphatic carbocycles. The number of hydrogen-bond acceptors (Lipinski definition) is 5. The predicted octanol–water partition coefficient (Wildman–Crippen LogP) is 5.80. The Labute approximate surface area is 190 Å². The summed E-state index contributed by atoms with van der Waals surface area (Å²) in [5.41, 5.74) is 5.39. The molecule has 33 heavy (non-hydrogen) atoms. The zero-order chi connectivity index (χ0) is 22.2. The molecule has 0 aliphatic heterocycles. The quantitative estimate of drug-likeness (QED) is 0.344. The molecular formula is C27H20N4O2. The number of benzene rings is 3. The summed E-state index contributed by atoms with van der Waals surface area (Å²) in [7, 11) is 1.66. The van der Waals surface area contributed by atoms with Gasteiger partial charge in [-0.2, -0.15) is 0 Å². The molecule has 0 atom stereocenters. The number of hydrogen-bond donors (Lipinski definition) is 0. The van der Waals surface area contributed by atoms with Gasteiger partial charge in [-0.1, -0.05) is 72.8 Å². The van der Waals surface area contributed by atoms with Crippen molar-refractivity contribution in [3.63, 3.8) is 0 Å². The number of fused-ring (bicyclic) bond motifs is 3. The van der Waals surface area contributed by atoms with Gasteiger partial charge in [-0.3, -0.25) is 0 Å². The van der Waals surface area contributed by atoms with Crippen LogP contribution < -0.4 is 4.74 Å². The SMILES string of the molecule is COc1ccc(Cc2nc3c4c(-c5ccccc5)c(-c5ccccc5)oc4ncn3n2)cc1. The van der Waals surface area contributed by atoms with Gasteiger partial charge in [0.05, 0.1) is 12.5 Å². The molecule has 0 fully saturated rings. The molecule has 0 bridgehead atoms. The maximum atomic E-state index is 6.29. The molecule has 0 amide bonds. The van der Waals surface area contributed by atoms with Crippen LogP contribution in [0.25, 0.3) is 39.2 Å². The van der Waals surface area contributed by atoms with Crippen LogP contribution in [0.3, 0.4) is 0 Å². The lowest BCUT2D eigenvalue weighted by Crippen LogP contribution is -1.93. The first kappa shape index (κ1) is 19.3. The van der Waals surface area contributed by atoms with E-state index in [1.807, 2.05) is 72.8 Å². The van der Waals surface area contributed by atoms with Gasteiger partial charge in [0.25, 0.3) is 0 Å². The Morgan fingerprint density at radius 1 is 0.848 bits per heavy atom. The Morgan fingerprint density at radius 2 is 1.55 bits per heavy atom. The van der Waals surface area contributed by atoms with Crippen LogP contribution >= 0.6 is 0 Å². The van der Waals surface area contributed by atoms with Crippen LogP contribution in [-0.4, -0.2) is 26.7 Å². The molecule has 0 unspecified atom stereocenters.